The average Bonchev–Trinajstić information content (AvgIpc) is 3.17. The van der Waals surface area contributed by atoms with E-state index >= 15 is 0 Å². The molecule has 0 aromatic carbocycles. The van der Waals surface area contributed by atoms with Gasteiger partial charge in [-0.1, -0.05) is 0 Å². The lowest BCUT2D eigenvalue weighted by Gasteiger charge is -2.34. The van der Waals surface area contributed by atoms with Gasteiger partial charge in [0, 0.05) is 26.2 Å². The van der Waals surface area contributed by atoms with Crippen LogP contribution in [-0.4, -0.2) is 87.1 Å². The number of β-amino-alcohol motifs (C(OH)–C–C–N with tert-alkyl or cyclic N) is 1. The third kappa shape index (κ3) is 2.73. The maximum absolute atomic E-state index is 12.8. The van der Waals surface area contributed by atoms with Crippen LogP contribution in [0.2, 0.25) is 0 Å². The Morgan fingerprint density at radius 3 is 2.68 bits per heavy atom. The second-order valence-corrected chi connectivity index (χ2v) is 6.39. The van der Waals surface area contributed by atoms with Crippen LogP contribution >= 0.6 is 0 Å². The van der Waals surface area contributed by atoms with Gasteiger partial charge in [-0.25, -0.2) is 9.67 Å². The van der Waals surface area contributed by atoms with E-state index in [0.717, 1.165) is 13.1 Å². The van der Waals surface area contributed by atoms with Gasteiger partial charge in [-0.05, 0) is 13.8 Å². The largest absolute Gasteiger partial charge is 0.390 e. The van der Waals surface area contributed by atoms with Gasteiger partial charge >= 0.3 is 0 Å². The summed E-state index contributed by atoms with van der Waals surface area (Å²) >= 11 is 0. The standard InChI is InChI=1S/C14H23N5O3/c1-14(2,19-10-15-9-16-19)13(21)18-7-11(12(20)8-18)17-3-5-22-6-4-17/h9-12,20H,3-8H2,1-2H3/t11-,12-/m1/s1. The fraction of sp³-hybridized carbons (Fsp3) is 0.786. The molecule has 0 aliphatic carbocycles. The summed E-state index contributed by atoms with van der Waals surface area (Å²) in [5, 5.41) is 14.4. The summed E-state index contributed by atoms with van der Waals surface area (Å²) in [6.45, 7) is 7.50. The van der Waals surface area contributed by atoms with Crippen molar-refractivity contribution < 1.29 is 14.6 Å². The summed E-state index contributed by atoms with van der Waals surface area (Å²) in [5.41, 5.74) is -0.809. The van der Waals surface area contributed by atoms with E-state index in [1.807, 2.05) is 13.8 Å². The highest BCUT2D eigenvalue weighted by molar-refractivity contribution is 5.84. The van der Waals surface area contributed by atoms with Crippen LogP contribution in [0, 0.1) is 0 Å². The van der Waals surface area contributed by atoms with Gasteiger partial charge in [-0.15, -0.1) is 0 Å². The molecule has 0 saturated carbocycles. The zero-order valence-electron chi connectivity index (χ0n) is 13.1. The summed E-state index contributed by atoms with van der Waals surface area (Å²) < 4.78 is 6.91. The smallest absolute Gasteiger partial charge is 0.250 e. The van der Waals surface area contributed by atoms with Gasteiger partial charge in [0.05, 0.1) is 25.4 Å². The van der Waals surface area contributed by atoms with Gasteiger partial charge in [-0.3, -0.25) is 9.69 Å². The second kappa shape index (κ2) is 5.94. The molecule has 8 nitrogen and oxygen atoms in total. The van der Waals surface area contributed by atoms with E-state index in [9.17, 15) is 9.90 Å². The molecule has 2 atom stereocenters. The molecule has 2 aliphatic heterocycles. The molecule has 0 bridgehead atoms. The lowest BCUT2D eigenvalue weighted by atomic mass is 10.0. The van der Waals surface area contributed by atoms with Crippen molar-refractivity contribution in [3.05, 3.63) is 12.7 Å². The number of aliphatic hydroxyl groups is 1. The first-order valence-electron chi connectivity index (χ1n) is 7.64. The maximum atomic E-state index is 12.8. The first-order chi connectivity index (χ1) is 10.5. The number of carbonyl (C=O) groups is 1. The lowest BCUT2D eigenvalue weighted by Crippen LogP contribution is -2.50. The van der Waals surface area contributed by atoms with Gasteiger partial charge in [0.1, 0.15) is 18.2 Å². The molecule has 122 valence electrons. The summed E-state index contributed by atoms with van der Waals surface area (Å²) in [7, 11) is 0. The molecular weight excluding hydrogens is 286 g/mol. The van der Waals surface area contributed by atoms with Crippen LogP contribution in [0.3, 0.4) is 0 Å². The molecule has 2 aliphatic rings. The molecule has 0 unspecified atom stereocenters. The van der Waals surface area contributed by atoms with E-state index in [0.29, 0.717) is 26.3 Å². The van der Waals surface area contributed by atoms with Crippen molar-refractivity contribution in [3.8, 4) is 0 Å². The van der Waals surface area contributed by atoms with Gasteiger partial charge in [0.15, 0.2) is 0 Å². The molecule has 3 rings (SSSR count). The van der Waals surface area contributed by atoms with Crippen LogP contribution in [-0.2, 0) is 15.1 Å². The number of aromatic nitrogens is 3. The summed E-state index contributed by atoms with van der Waals surface area (Å²) in [5.74, 6) is -0.0483. The Balaban J connectivity index is 1.69. The molecule has 8 heteroatoms. The summed E-state index contributed by atoms with van der Waals surface area (Å²) in [6.07, 6.45) is 2.45. The molecule has 0 radical (unpaired) electrons. The fourth-order valence-corrected chi connectivity index (χ4v) is 3.19. The molecule has 1 N–H and O–H groups in total. The van der Waals surface area contributed by atoms with Crippen molar-refractivity contribution in [3.63, 3.8) is 0 Å². The predicted octanol–water partition coefficient (Wildman–Crippen LogP) is -1.08. The van der Waals surface area contributed by atoms with E-state index < -0.39 is 11.6 Å². The molecule has 1 aromatic rings. The number of hydrogen-bond acceptors (Lipinski definition) is 6. The van der Waals surface area contributed by atoms with E-state index in [1.54, 1.807) is 15.9 Å². The number of likely N-dealkylation sites (tertiary alicyclic amines) is 1. The molecule has 22 heavy (non-hydrogen) atoms. The van der Waals surface area contributed by atoms with Crippen molar-refractivity contribution in [1.82, 2.24) is 24.6 Å². The average molecular weight is 309 g/mol. The highest BCUT2D eigenvalue weighted by atomic mass is 16.5. The molecule has 1 amide bonds. The van der Waals surface area contributed by atoms with Crippen LogP contribution < -0.4 is 0 Å². The number of hydrogen-bond donors (Lipinski definition) is 1. The lowest BCUT2D eigenvalue weighted by molar-refractivity contribution is -0.139. The van der Waals surface area contributed by atoms with E-state index in [4.69, 9.17) is 4.74 Å². The van der Waals surface area contributed by atoms with Crippen molar-refractivity contribution in [2.75, 3.05) is 39.4 Å². The highest BCUT2D eigenvalue weighted by Crippen LogP contribution is 2.23. The van der Waals surface area contributed by atoms with Crippen molar-refractivity contribution in [2.24, 2.45) is 0 Å². The molecule has 2 saturated heterocycles. The number of aliphatic hydroxyl groups excluding tert-OH is 1. The van der Waals surface area contributed by atoms with Crippen LogP contribution in [0.15, 0.2) is 12.7 Å². The number of amides is 1. The number of rotatable bonds is 3. The van der Waals surface area contributed by atoms with Crippen molar-refractivity contribution in [2.45, 2.75) is 31.5 Å². The molecule has 0 spiro atoms. The van der Waals surface area contributed by atoms with E-state index in [-0.39, 0.29) is 11.9 Å². The number of nitrogens with zero attached hydrogens (tertiary/aromatic N) is 5. The van der Waals surface area contributed by atoms with Gasteiger partial charge in [0.25, 0.3) is 0 Å². The monoisotopic (exact) mass is 309 g/mol. The first-order valence-corrected chi connectivity index (χ1v) is 7.64. The van der Waals surface area contributed by atoms with Crippen LogP contribution in [0.25, 0.3) is 0 Å². The molecule has 3 heterocycles. The molecule has 1 aromatic heterocycles. The van der Waals surface area contributed by atoms with Gasteiger partial charge < -0.3 is 14.7 Å². The minimum absolute atomic E-state index is 0.0144. The summed E-state index contributed by atoms with van der Waals surface area (Å²) in [4.78, 5) is 20.7. The highest BCUT2D eigenvalue weighted by Gasteiger charge is 2.43. The Kier molecular flexibility index (Phi) is 4.16. The quantitative estimate of drug-likeness (QED) is 0.764. The normalized spacial score (nSPS) is 27.3. The van der Waals surface area contributed by atoms with E-state index in [1.165, 1.54) is 6.33 Å². The Morgan fingerprint density at radius 2 is 2.05 bits per heavy atom. The SMILES string of the molecule is CC(C)(C(=O)N1C[C@@H](O)[C@H](N2CCOCC2)C1)n1cncn1. The van der Waals surface area contributed by atoms with Crippen LogP contribution in [0.4, 0.5) is 0 Å². The fourth-order valence-electron chi connectivity index (χ4n) is 3.19. The van der Waals surface area contributed by atoms with Gasteiger partial charge in [0.2, 0.25) is 5.91 Å². The van der Waals surface area contributed by atoms with Crippen LogP contribution in [0.1, 0.15) is 13.8 Å². The molecule has 2 fully saturated rings. The minimum Gasteiger partial charge on any atom is -0.390 e. The topological polar surface area (TPSA) is 83.7 Å². The minimum atomic E-state index is -0.809. The maximum Gasteiger partial charge on any atom is 0.250 e. The first kappa shape index (κ1) is 15.4. The van der Waals surface area contributed by atoms with Gasteiger partial charge in [-0.2, -0.15) is 5.10 Å². The van der Waals surface area contributed by atoms with Crippen LogP contribution in [0.5, 0.6) is 0 Å². The Morgan fingerprint density at radius 1 is 1.32 bits per heavy atom. The third-order valence-electron chi connectivity index (χ3n) is 4.58. The molecular formula is C14H23N5O3. The third-order valence-corrected chi connectivity index (χ3v) is 4.58. The Labute approximate surface area is 129 Å². The Bertz CT molecular complexity index is 513. The summed E-state index contributed by atoms with van der Waals surface area (Å²) in [6, 6.07) is -0.0144. The van der Waals surface area contributed by atoms with Crippen molar-refractivity contribution in [1.29, 1.82) is 0 Å². The number of ether oxygens (including phenoxy) is 1. The zero-order valence-corrected chi connectivity index (χ0v) is 13.1. The zero-order chi connectivity index (χ0) is 15.7. The van der Waals surface area contributed by atoms with E-state index in [2.05, 4.69) is 15.0 Å². The second-order valence-electron chi connectivity index (χ2n) is 6.39. The van der Waals surface area contributed by atoms with Crippen molar-refractivity contribution >= 4 is 5.91 Å². The number of morpholine rings is 1. The predicted molar refractivity (Wildman–Crippen MR) is 78.1 cm³/mol. The number of carbonyl (C=O) groups excluding carboxylic acids is 1. The Hall–Kier alpha value is -1.51.